The minimum atomic E-state index is -0.329. The number of hydrogen-bond donors (Lipinski definition) is 4. The predicted octanol–water partition coefficient (Wildman–Crippen LogP) is 2.41. The van der Waals surface area contributed by atoms with Gasteiger partial charge in [0.2, 0.25) is 5.91 Å². The van der Waals surface area contributed by atoms with Crippen LogP contribution in [0.15, 0.2) is 47.1 Å². The number of hydrazine groups is 1. The molecular weight excluding hydrogens is 412 g/mol. The van der Waals surface area contributed by atoms with E-state index < -0.39 is 0 Å². The summed E-state index contributed by atoms with van der Waals surface area (Å²) in [7, 11) is 0. The summed E-state index contributed by atoms with van der Waals surface area (Å²) in [4.78, 5) is 24.4. The van der Waals surface area contributed by atoms with Crippen LogP contribution in [0.2, 0.25) is 0 Å². The molecular formula is C19H23BrN4O3. The minimum absolute atomic E-state index is 0.0247. The Balaban J connectivity index is 1.50. The average molecular weight is 435 g/mol. The standard InChI is InChI=1S/C19H23BrN4O3/c1-11(2)16-15(20)17(24-23-16)19(26)21-10-12-5-7-13(8-6-12)22-18(25)14-4-3-9-27-14/h3-9,11,15-17,23-24H,10H2,1-2H3,(H,21,26)(H,22,25). The lowest BCUT2D eigenvalue weighted by atomic mass is 9.99. The predicted molar refractivity (Wildman–Crippen MR) is 106 cm³/mol. The van der Waals surface area contributed by atoms with Gasteiger partial charge >= 0.3 is 0 Å². The molecule has 1 aliphatic heterocycles. The fourth-order valence-corrected chi connectivity index (χ4v) is 4.02. The van der Waals surface area contributed by atoms with Gasteiger partial charge in [0.15, 0.2) is 5.76 Å². The van der Waals surface area contributed by atoms with Crippen LogP contribution in [-0.2, 0) is 11.3 Å². The minimum Gasteiger partial charge on any atom is -0.459 e. The maximum absolute atomic E-state index is 12.4. The molecule has 0 aliphatic carbocycles. The number of rotatable bonds is 6. The van der Waals surface area contributed by atoms with E-state index in [1.54, 1.807) is 24.3 Å². The van der Waals surface area contributed by atoms with Crippen LogP contribution in [0.25, 0.3) is 0 Å². The van der Waals surface area contributed by atoms with Crippen LogP contribution in [-0.4, -0.2) is 28.7 Å². The van der Waals surface area contributed by atoms with Crippen molar-refractivity contribution in [3.05, 3.63) is 54.0 Å². The van der Waals surface area contributed by atoms with Crippen molar-refractivity contribution in [1.82, 2.24) is 16.2 Å². The number of benzene rings is 1. The lowest BCUT2D eigenvalue weighted by Crippen LogP contribution is -2.45. The Morgan fingerprint density at radius 2 is 1.93 bits per heavy atom. The topological polar surface area (TPSA) is 95.4 Å². The first-order chi connectivity index (χ1) is 13.0. The van der Waals surface area contributed by atoms with E-state index in [9.17, 15) is 9.59 Å². The second-order valence-corrected chi connectivity index (χ2v) is 7.88. The smallest absolute Gasteiger partial charge is 0.291 e. The third kappa shape index (κ3) is 4.77. The van der Waals surface area contributed by atoms with Gasteiger partial charge in [-0.25, -0.2) is 5.43 Å². The number of carbonyl (C=O) groups excluding carboxylic acids is 2. The number of furan rings is 1. The van der Waals surface area contributed by atoms with Crippen LogP contribution in [0.4, 0.5) is 5.69 Å². The van der Waals surface area contributed by atoms with E-state index in [1.807, 2.05) is 12.1 Å². The van der Waals surface area contributed by atoms with Crippen molar-refractivity contribution in [3.8, 4) is 0 Å². The molecule has 1 saturated heterocycles. The summed E-state index contributed by atoms with van der Waals surface area (Å²) >= 11 is 3.61. The molecule has 1 aliphatic rings. The van der Waals surface area contributed by atoms with Crippen molar-refractivity contribution in [3.63, 3.8) is 0 Å². The first-order valence-electron chi connectivity index (χ1n) is 8.82. The SMILES string of the molecule is CC(C)C1NNC(C(=O)NCc2ccc(NC(=O)c3ccco3)cc2)C1Br. The van der Waals surface area contributed by atoms with Crippen LogP contribution in [0.3, 0.4) is 0 Å². The van der Waals surface area contributed by atoms with E-state index in [-0.39, 0.29) is 34.5 Å². The van der Waals surface area contributed by atoms with E-state index in [4.69, 9.17) is 4.42 Å². The van der Waals surface area contributed by atoms with Crippen LogP contribution in [0.1, 0.15) is 30.0 Å². The zero-order valence-corrected chi connectivity index (χ0v) is 16.7. The van der Waals surface area contributed by atoms with Crippen LogP contribution >= 0.6 is 15.9 Å². The molecule has 3 unspecified atom stereocenters. The molecule has 1 aromatic heterocycles. The Morgan fingerprint density at radius 3 is 2.52 bits per heavy atom. The van der Waals surface area contributed by atoms with Gasteiger partial charge in [0.25, 0.3) is 5.91 Å². The zero-order chi connectivity index (χ0) is 19.4. The van der Waals surface area contributed by atoms with Crippen molar-refractivity contribution < 1.29 is 14.0 Å². The summed E-state index contributed by atoms with van der Waals surface area (Å²) < 4.78 is 5.06. The molecule has 144 valence electrons. The first kappa shape index (κ1) is 19.6. The van der Waals surface area contributed by atoms with E-state index in [2.05, 4.69) is 51.3 Å². The number of anilines is 1. The third-order valence-corrected chi connectivity index (χ3v) is 5.59. The van der Waals surface area contributed by atoms with Gasteiger partial charge in [-0.05, 0) is 35.7 Å². The summed E-state index contributed by atoms with van der Waals surface area (Å²) in [5, 5.41) is 5.70. The Kier molecular flexibility index (Phi) is 6.30. The van der Waals surface area contributed by atoms with Gasteiger partial charge in [0, 0.05) is 18.3 Å². The van der Waals surface area contributed by atoms with Crippen molar-refractivity contribution in [1.29, 1.82) is 0 Å². The molecule has 3 rings (SSSR count). The fraction of sp³-hybridized carbons (Fsp3) is 0.368. The lowest BCUT2D eigenvalue weighted by molar-refractivity contribution is -0.122. The van der Waals surface area contributed by atoms with Gasteiger partial charge in [-0.15, -0.1) is 0 Å². The van der Waals surface area contributed by atoms with Gasteiger partial charge in [-0.3, -0.25) is 15.0 Å². The number of nitrogens with one attached hydrogen (secondary N) is 4. The van der Waals surface area contributed by atoms with E-state index in [0.29, 0.717) is 18.2 Å². The number of alkyl halides is 1. The second-order valence-electron chi connectivity index (χ2n) is 6.83. The van der Waals surface area contributed by atoms with E-state index >= 15 is 0 Å². The first-order valence-corrected chi connectivity index (χ1v) is 9.74. The zero-order valence-electron chi connectivity index (χ0n) is 15.2. The average Bonchev–Trinajstić information content (AvgIpc) is 3.30. The summed E-state index contributed by atoms with van der Waals surface area (Å²) in [6, 6.07) is 10.4. The van der Waals surface area contributed by atoms with Crippen molar-refractivity contribution in [2.75, 3.05) is 5.32 Å². The number of halogens is 1. The van der Waals surface area contributed by atoms with Gasteiger partial charge in [-0.1, -0.05) is 41.9 Å². The van der Waals surface area contributed by atoms with Gasteiger partial charge < -0.3 is 15.1 Å². The molecule has 2 amide bonds. The highest BCUT2D eigenvalue weighted by Crippen LogP contribution is 2.21. The van der Waals surface area contributed by atoms with Crippen LogP contribution in [0.5, 0.6) is 0 Å². The quantitative estimate of drug-likeness (QED) is 0.523. The molecule has 8 heteroatoms. The molecule has 0 bridgehead atoms. The van der Waals surface area contributed by atoms with Crippen molar-refractivity contribution in [2.24, 2.45) is 5.92 Å². The molecule has 0 saturated carbocycles. The van der Waals surface area contributed by atoms with Gasteiger partial charge in [-0.2, -0.15) is 0 Å². The molecule has 4 N–H and O–H groups in total. The molecule has 0 radical (unpaired) electrons. The Morgan fingerprint density at radius 1 is 1.19 bits per heavy atom. The molecule has 1 aromatic carbocycles. The largest absolute Gasteiger partial charge is 0.459 e. The van der Waals surface area contributed by atoms with Crippen LogP contribution < -0.4 is 21.5 Å². The normalized spacial score (nSPS) is 22.0. The third-order valence-electron chi connectivity index (χ3n) is 4.49. The molecule has 3 atom stereocenters. The molecule has 27 heavy (non-hydrogen) atoms. The highest BCUT2D eigenvalue weighted by atomic mass is 79.9. The summed E-state index contributed by atoms with van der Waals surface area (Å²) in [6.07, 6.45) is 1.45. The number of carbonyl (C=O) groups is 2. The molecule has 2 heterocycles. The van der Waals surface area contributed by atoms with Crippen molar-refractivity contribution >= 4 is 33.4 Å². The monoisotopic (exact) mass is 434 g/mol. The van der Waals surface area contributed by atoms with E-state index in [1.165, 1.54) is 6.26 Å². The fourth-order valence-electron chi connectivity index (χ4n) is 2.90. The Hall–Kier alpha value is -2.16. The maximum Gasteiger partial charge on any atom is 0.291 e. The molecule has 0 spiro atoms. The van der Waals surface area contributed by atoms with Gasteiger partial charge in [0.05, 0.1) is 11.1 Å². The highest BCUT2D eigenvalue weighted by Gasteiger charge is 2.39. The second kappa shape index (κ2) is 8.69. The van der Waals surface area contributed by atoms with Gasteiger partial charge in [0.1, 0.15) is 6.04 Å². The molecule has 2 aromatic rings. The van der Waals surface area contributed by atoms with Crippen molar-refractivity contribution in [2.45, 2.75) is 37.3 Å². The Labute approximate surface area is 166 Å². The van der Waals surface area contributed by atoms with Crippen LogP contribution in [0, 0.1) is 5.92 Å². The van der Waals surface area contributed by atoms with E-state index in [0.717, 1.165) is 5.56 Å². The molecule has 7 nitrogen and oxygen atoms in total. The lowest BCUT2D eigenvalue weighted by Gasteiger charge is -2.19. The number of amides is 2. The number of hydrogen-bond acceptors (Lipinski definition) is 5. The Bertz CT molecular complexity index is 777. The summed E-state index contributed by atoms with van der Waals surface area (Å²) in [5.74, 6) is 0.295. The molecule has 1 fully saturated rings. The summed E-state index contributed by atoms with van der Waals surface area (Å²) in [6.45, 7) is 4.63. The summed E-state index contributed by atoms with van der Waals surface area (Å²) in [5.41, 5.74) is 7.82. The maximum atomic E-state index is 12.4. The highest BCUT2D eigenvalue weighted by molar-refractivity contribution is 9.09.